The summed E-state index contributed by atoms with van der Waals surface area (Å²) in [6.45, 7) is 5.94. The second-order valence-corrected chi connectivity index (χ2v) is 5.49. The Kier molecular flexibility index (Phi) is 5.01. The zero-order valence-corrected chi connectivity index (χ0v) is 13.4. The molecule has 22 heavy (non-hydrogen) atoms. The predicted octanol–water partition coefficient (Wildman–Crippen LogP) is 3.29. The Balaban J connectivity index is 2.45. The number of carbonyl (C=O) groups is 2. The first-order valence-corrected chi connectivity index (χ1v) is 7.85. The van der Waals surface area contributed by atoms with E-state index in [2.05, 4.69) is 5.32 Å². The Morgan fingerprint density at radius 1 is 1.23 bits per heavy atom. The number of hydrogen-bond donors (Lipinski definition) is 1. The molecule has 1 aliphatic heterocycles. The second-order valence-electron chi connectivity index (χ2n) is 5.49. The third kappa shape index (κ3) is 2.78. The molecule has 0 radical (unpaired) electrons. The van der Waals surface area contributed by atoms with E-state index in [0.29, 0.717) is 12.8 Å². The lowest BCUT2D eigenvalue weighted by Crippen LogP contribution is -2.50. The van der Waals surface area contributed by atoms with E-state index < -0.39 is 11.4 Å². The topological polar surface area (TPSA) is 55.4 Å². The normalized spacial score (nSPS) is 21.5. The van der Waals surface area contributed by atoms with Gasteiger partial charge in [0.2, 0.25) is 5.91 Å². The fourth-order valence-electron chi connectivity index (χ4n) is 2.90. The number of allylic oxidation sites excluding steroid dienone is 1. The number of carbonyl (C=O) groups excluding carboxylic acids is 2. The minimum Gasteiger partial charge on any atom is -0.465 e. The summed E-state index contributed by atoms with van der Waals surface area (Å²) < 4.78 is 5.16. The highest BCUT2D eigenvalue weighted by atomic mass is 16.5. The van der Waals surface area contributed by atoms with Crippen LogP contribution in [0.25, 0.3) is 5.70 Å². The van der Waals surface area contributed by atoms with Gasteiger partial charge in [-0.2, -0.15) is 0 Å². The maximum atomic E-state index is 12.7. The Labute approximate surface area is 131 Å². The second kappa shape index (κ2) is 6.77. The van der Waals surface area contributed by atoms with Crippen LogP contribution in [-0.4, -0.2) is 18.5 Å². The number of amides is 1. The Hall–Kier alpha value is -2.10. The van der Waals surface area contributed by atoms with Crippen LogP contribution in [0.4, 0.5) is 0 Å². The predicted molar refractivity (Wildman–Crippen MR) is 85.8 cm³/mol. The quantitative estimate of drug-likeness (QED) is 0.670. The maximum absolute atomic E-state index is 12.7. The molecular weight excluding hydrogens is 278 g/mol. The molecule has 0 fully saturated rings. The van der Waals surface area contributed by atoms with Gasteiger partial charge in [-0.05, 0) is 37.3 Å². The van der Waals surface area contributed by atoms with E-state index in [-0.39, 0.29) is 12.5 Å². The molecule has 1 unspecified atom stereocenters. The van der Waals surface area contributed by atoms with E-state index >= 15 is 0 Å². The molecule has 1 amide bonds. The van der Waals surface area contributed by atoms with Crippen LogP contribution >= 0.6 is 0 Å². The lowest BCUT2D eigenvalue weighted by atomic mass is 9.74. The molecule has 1 N–H and O–H groups in total. The number of nitrogens with one attached hydrogen (secondary N) is 1. The maximum Gasteiger partial charge on any atom is 0.321 e. The number of hydrogen-bond acceptors (Lipinski definition) is 3. The SMILES string of the molecule is CCOC(=O)C1(CC)CC(CC)=C(c2ccccc2)NC1=O. The third-order valence-corrected chi connectivity index (χ3v) is 4.30. The van der Waals surface area contributed by atoms with Gasteiger partial charge in [-0.25, -0.2) is 0 Å². The van der Waals surface area contributed by atoms with Gasteiger partial charge in [-0.3, -0.25) is 9.59 Å². The van der Waals surface area contributed by atoms with Gasteiger partial charge in [0.1, 0.15) is 5.41 Å². The average molecular weight is 301 g/mol. The lowest BCUT2D eigenvalue weighted by Gasteiger charge is -2.35. The molecule has 1 aromatic carbocycles. The summed E-state index contributed by atoms with van der Waals surface area (Å²) in [5.41, 5.74) is 1.79. The fraction of sp³-hybridized carbons (Fsp3) is 0.444. The summed E-state index contributed by atoms with van der Waals surface area (Å²) in [5, 5.41) is 2.95. The summed E-state index contributed by atoms with van der Waals surface area (Å²) in [4.78, 5) is 25.0. The van der Waals surface area contributed by atoms with Crippen molar-refractivity contribution in [2.24, 2.45) is 5.41 Å². The van der Waals surface area contributed by atoms with Crippen molar-refractivity contribution < 1.29 is 14.3 Å². The molecule has 0 bridgehead atoms. The van der Waals surface area contributed by atoms with Crippen molar-refractivity contribution in [3.63, 3.8) is 0 Å². The van der Waals surface area contributed by atoms with Crippen LogP contribution in [0.1, 0.15) is 45.6 Å². The largest absolute Gasteiger partial charge is 0.465 e. The van der Waals surface area contributed by atoms with Crippen molar-refractivity contribution in [2.45, 2.75) is 40.0 Å². The van der Waals surface area contributed by atoms with E-state index in [1.807, 2.05) is 44.2 Å². The molecule has 0 spiro atoms. The Morgan fingerprint density at radius 2 is 1.91 bits per heavy atom. The highest BCUT2D eigenvalue weighted by Crippen LogP contribution is 2.40. The van der Waals surface area contributed by atoms with Crippen LogP contribution in [0.3, 0.4) is 0 Å². The van der Waals surface area contributed by atoms with Crippen molar-refractivity contribution in [2.75, 3.05) is 6.61 Å². The molecule has 0 aromatic heterocycles. The first-order valence-electron chi connectivity index (χ1n) is 7.85. The summed E-state index contributed by atoms with van der Waals surface area (Å²) >= 11 is 0. The Morgan fingerprint density at radius 3 is 2.45 bits per heavy atom. The molecule has 2 rings (SSSR count). The van der Waals surface area contributed by atoms with Crippen LogP contribution in [0, 0.1) is 5.41 Å². The highest BCUT2D eigenvalue weighted by Gasteiger charge is 2.49. The molecule has 1 aliphatic rings. The molecule has 1 atom stereocenters. The van der Waals surface area contributed by atoms with Gasteiger partial charge in [0.05, 0.1) is 6.61 Å². The zero-order chi connectivity index (χ0) is 16.2. The van der Waals surface area contributed by atoms with Crippen LogP contribution in [0.2, 0.25) is 0 Å². The van der Waals surface area contributed by atoms with Gasteiger partial charge in [0.15, 0.2) is 0 Å². The van der Waals surface area contributed by atoms with Crippen molar-refractivity contribution >= 4 is 17.6 Å². The average Bonchev–Trinajstić information content (AvgIpc) is 2.55. The number of rotatable bonds is 5. The Bertz CT molecular complexity index is 592. The zero-order valence-electron chi connectivity index (χ0n) is 13.4. The minimum absolute atomic E-state index is 0.260. The van der Waals surface area contributed by atoms with E-state index in [1.165, 1.54) is 0 Å². The summed E-state index contributed by atoms with van der Waals surface area (Å²) in [6, 6.07) is 9.75. The fourth-order valence-corrected chi connectivity index (χ4v) is 2.90. The highest BCUT2D eigenvalue weighted by molar-refractivity contribution is 6.07. The molecule has 0 saturated carbocycles. The van der Waals surface area contributed by atoms with Gasteiger partial charge < -0.3 is 10.1 Å². The van der Waals surface area contributed by atoms with Crippen LogP contribution in [-0.2, 0) is 14.3 Å². The van der Waals surface area contributed by atoms with Gasteiger partial charge in [-0.1, -0.05) is 44.2 Å². The number of esters is 1. The van der Waals surface area contributed by atoms with Gasteiger partial charge in [0.25, 0.3) is 0 Å². The van der Waals surface area contributed by atoms with Gasteiger partial charge in [-0.15, -0.1) is 0 Å². The van der Waals surface area contributed by atoms with E-state index in [9.17, 15) is 9.59 Å². The van der Waals surface area contributed by atoms with Crippen molar-refractivity contribution in [3.05, 3.63) is 41.5 Å². The van der Waals surface area contributed by atoms with E-state index in [4.69, 9.17) is 4.74 Å². The van der Waals surface area contributed by atoms with E-state index in [0.717, 1.165) is 23.3 Å². The smallest absolute Gasteiger partial charge is 0.321 e. The standard InChI is InChI=1S/C18H23NO3/c1-4-13-12-18(5-2,17(21)22-6-3)16(20)19-15(13)14-10-8-7-9-11-14/h7-11H,4-6,12H2,1-3H3,(H,19,20). The van der Waals surface area contributed by atoms with E-state index in [1.54, 1.807) is 6.92 Å². The monoisotopic (exact) mass is 301 g/mol. The molecule has 4 nitrogen and oxygen atoms in total. The van der Waals surface area contributed by atoms with Gasteiger partial charge in [0, 0.05) is 5.70 Å². The summed E-state index contributed by atoms with van der Waals surface area (Å²) in [6.07, 6.45) is 1.64. The number of benzene rings is 1. The van der Waals surface area contributed by atoms with Crippen molar-refractivity contribution in [1.29, 1.82) is 0 Å². The first kappa shape index (κ1) is 16.3. The van der Waals surface area contributed by atoms with Crippen molar-refractivity contribution in [1.82, 2.24) is 5.32 Å². The minimum atomic E-state index is -1.10. The summed E-state index contributed by atoms with van der Waals surface area (Å²) in [7, 11) is 0. The number of ether oxygens (including phenoxy) is 1. The molecule has 0 aliphatic carbocycles. The molecule has 118 valence electrons. The molecule has 0 saturated heterocycles. The molecule has 1 aromatic rings. The van der Waals surface area contributed by atoms with Crippen LogP contribution in [0.5, 0.6) is 0 Å². The van der Waals surface area contributed by atoms with Crippen LogP contribution < -0.4 is 5.32 Å². The van der Waals surface area contributed by atoms with Crippen molar-refractivity contribution in [3.8, 4) is 0 Å². The van der Waals surface area contributed by atoms with Crippen LogP contribution in [0.15, 0.2) is 35.9 Å². The molecule has 4 heteroatoms. The van der Waals surface area contributed by atoms with Gasteiger partial charge >= 0.3 is 5.97 Å². The lowest BCUT2D eigenvalue weighted by molar-refractivity contribution is -0.161. The molecular formula is C18H23NO3. The third-order valence-electron chi connectivity index (χ3n) is 4.30. The summed E-state index contributed by atoms with van der Waals surface area (Å²) in [5.74, 6) is -0.683. The molecule has 1 heterocycles. The first-order chi connectivity index (χ1) is 10.6.